The van der Waals surface area contributed by atoms with E-state index in [0.717, 1.165) is 30.9 Å². The SMILES string of the molecule is Cc1cc(N2CCCc3ccccc32)nc(Cl)n1. The zero-order valence-electron chi connectivity index (χ0n) is 10.2. The summed E-state index contributed by atoms with van der Waals surface area (Å²) in [6, 6.07) is 10.4. The number of hydrogen-bond donors (Lipinski definition) is 0. The zero-order valence-corrected chi connectivity index (χ0v) is 11.0. The van der Waals surface area contributed by atoms with Crippen molar-refractivity contribution >= 4 is 23.1 Å². The number of halogens is 1. The van der Waals surface area contributed by atoms with Gasteiger partial charge in [-0.3, -0.25) is 0 Å². The summed E-state index contributed by atoms with van der Waals surface area (Å²) >= 11 is 5.95. The molecule has 4 heteroatoms. The molecule has 0 amide bonds. The number of hydrogen-bond acceptors (Lipinski definition) is 3. The Labute approximate surface area is 111 Å². The maximum absolute atomic E-state index is 5.95. The van der Waals surface area contributed by atoms with Crippen LogP contribution < -0.4 is 4.90 Å². The van der Waals surface area contributed by atoms with Gasteiger partial charge in [-0.15, -0.1) is 0 Å². The fourth-order valence-corrected chi connectivity index (χ4v) is 2.65. The third kappa shape index (κ3) is 2.06. The van der Waals surface area contributed by atoms with Gasteiger partial charge in [-0.1, -0.05) is 18.2 Å². The summed E-state index contributed by atoms with van der Waals surface area (Å²) in [5.74, 6) is 0.889. The number of nitrogens with zero attached hydrogens (tertiary/aromatic N) is 3. The first-order valence-corrected chi connectivity index (χ1v) is 6.48. The predicted molar refractivity (Wildman–Crippen MR) is 73.5 cm³/mol. The van der Waals surface area contributed by atoms with Gasteiger partial charge in [0.25, 0.3) is 0 Å². The van der Waals surface area contributed by atoms with Crippen molar-refractivity contribution in [1.29, 1.82) is 0 Å². The minimum atomic E-state index is 0.313. The second-order valence-electron chi connectivity index (χ2n) is 4.52. The molecule has 0 bridgehead atoms. The van der Waals surface area contributed by atoms with Crippen LogP contribution in [0.15, 0.2) is 30.3 Å². The molecule has 2 aromatic rings. The highest BCUT2D eigenvalue weighted by Gasteiger charge is 2.19. The fourth-order valence-electron chi connectivity index (χ4n) is 2.43. The van der Waals surface area contributed by atoms with E-state index in [0.29, 0.717) is 5.28 Å². The number of fused-ring (bicyclic) bond motifs is 1. The Balaban J connectivity index is 2.08. The summed E-state index contributed by atoms with van der Waals surface area (Å²) < 4.78 is 0. The molecular formula is C14H14ClN3. The Hall–Kier alpha value is -1.61. The minimum Gasteiger partial charge on any atom is -0.326 e. The van der Waals surface area contributed by atoms with Crippen molar-refractivity contribution in [2.24, 2.45) is 0 Å². The van der Waals surface area contributed by atoms with Gasteiger partial charge in [-0.2, -0.15) is 0 Å². The molecule has 3 rings (SSSR count). The van der Waals surface area contributed by atoms with Crippen molar-refractivity contribution in [3.8, 4) is 0 Å². The van der Waals surface area contributed by atoms with E-state index >= 15 is 0 Å². The average molecular weight is 260 g/mol. The van der Waals surface area contributed by atoms with Crippen LogP contribution in [0.2, 0.25) is 5.28 Å². The van der Waals surface area contributed by atoms with Gasteiger partial charge in [0, 0.05) is 24.0 Å². The molecule has 1 aromatic carbocycles. The first-order chi connectivity index (χ1) is 8.74. The largest absolute Gasteiger partial charge is 0.326 e. The molecule has 0 saturated carbocycles. The van der Waals surface area contributed by atoms with Gasteiger partial charge < -0.3 is 4.90 Å². The van der Waals surface area contributed by atoms with Gasteiger partial charge in [-0.25, -0.2) is 9.97 Å². The van der Waals surface area contributed by atoms with Crippen LogP contribution in [-0.4, -0.2) is 16.5 Å². The highest BCUT2D eigenvalue weighted by molar-refractivity contribution is 6.28. The van der Waals surface area contributed by atoms with Gasteiger partial charge in [0.15, 0.2) is 0 Å². The molecule has 0 fully saturated rings. The summed E-state index contributed by atoms with van der Waals surface area (Å²) in [6.45, 7) is 2.91. The predicted octanol–water partition coefficient (Wildman–Crippen LogP) is 3.52. The van der Waals surface area contributed by atoms with E-state index in [1.165, 1.54) is 11.3 Å². The first-order valence-electron chi connectivity index (χ1n) is 6.11. The minimum absolute atomic E-state index is 0.313. The van der Waals surface area contributed by atoms with E-state index < -0.39 is 0 Å². The average Bonchev–Trinajstić information content (AvgIpc) is 2.37. The molecule has 0 aliphatic carbocycles. The van der Waals surface area contributed by atoms with E-state index in [9.17, 15) is 0 Å². The maximum Gasteiger partial charge on any atom is 0.224 e. The standard InChI is InChI=1S/C14H14ClN3/c1-10-9-13(17-14(15)16-10)18-8-4-6-11-5-2-3-7-12(11)18/h2-3,5,7,9H,4,6,8H2,1H3. The summed E-state index contributed by atoms with van der Waals surface area (Å²) in [6.07, 6.45) is 2.27. The zero-order chi connectivity index (χ0) is 12.5. The molecule has 92 valence electrons. The van der Waals surface area contributed by atoms with Gasteiger partial charge in [0.1, 0.15) is 5.82 Å². The summed E-state index contributed by atoms with van der Waals surface area (Å²) in [4.78, 5) is 10.7. The molecule has 0 atom stereocenters. The quantitative estimate of drug-likeness (QED) is 0.734. The van der Waals surface area contributed by atoms with Crippen molar-refractivity contribution in [2.45, 2.75) is 19.8 Å². The van der Waals surface area contributed by atoms with Gasteiger partial charge in [0.05, 0.1) is 0 Å². The van der Waals surface area contributed by atoms with Crippen LogP contribution in [-0.2, 0) is 6.42 Å². The number of para-hydroxylation sites is 1. The highest BCUT2D eigenvalue weighted by Crippen LogP contribution is 2.32. The lowest BCUT2D eigenvalue weighted by Gasteiger charge is -2.30. The second-order valence-corrected chi connectivity index (χ2v) is 4.86. The maximum atomic E-state index is 5.95. The molecule has 3 nitrogen and oxygen atoms in total. The second kappa shape index (κ2) is 4.58. The number of benzene rings is 1. The lowest BCUT2D eigenvalue weighted by atomic mass is 10.0. The molecule has 1 aromatic heterocycles. The molecule has 0 N–H and O–H groups in total. The van der Waals surface area contributed by atoms with Crippen molar-refractivity contribution in [2.75, 3.05) is 11.4 Å². The number of anilines is 2. The van der Waals surface area contributed by atoms with Crippen LogP contribution in [0.5, 0.6) is 0 Å². The normalized spacial score (nSPS) is 14.4. The highest BCUT2D eigenvalue weighted by atomic mass is 35.5. The topological polar surface area (TPSA) is 29.0 Å². The Morgan fingerprint density at radius 1 is 1.22 bits per heavy atom. The molecule has 1 aliphatic rings. The molecule has 1 aliphatic heterocycles. The first kappa shape index (κ1) is 11.5. The Kier molecular flexibility index (Phi) is 2.92. The van der Waals surface area contributed by atoms with Gasteiger partial charge in [-0.05, 0) is 43.0 Å². The smallest absolute Gasteiger partial charge is 0.224 e. The van der Waals surface area contributed by atoms with Crippen LogP contribution in [0.25, 0.3) is 0 Å². The van der Waals surface area contributed by atoms with Crippen molar-refractivity contribution < 1.29 is 0 Å². The van der Waals surface area contributed by atoms with E-state index in [2.05, 4.69) is 39.1 Å². The van der Waals surface area contributed by atoms with E-state index in [1.807, 2.05) is 13.0 Å². The van der Waals surface area contributed by atoms with Crippen LogP contribution in [0.3, 0.4) is 0 Å². The molecule has 18 heavy (non-hydrogen) atoms. The molecule has 0 radical (unpaired) electrons. The lowest BCUT2D eigenvalue weighted by molar-refractivity contribution is 0.758. The summed E-state index contributed by atoms with van der Waals surface area (Å²) in [5.41, 5.74) is 3.50. The molecule has 0 saturated heterocycles. The van der Waals surface area contributed by atoms with Crippen LogP contribution in [0.1, 0.15) is 17.7 Å². The molecule has 0 spiro atoms. The van der Waals surface area contributed by atoms with Crippen molar-refractivity contribution in [3.05, 3.63) is 46.9 Å². The number of aryl methyl sites for hydroxylation is 2. The Bertz CT molecular complexity index is 563. The molecule has 0 unspecified atom stereocenters. The van der Waals surface area contributed by atoms with E-state index in [-0.39, 0.29) is 0 Å². The third-order valence-corrected chi connectivity index (χ3v) is 3.37. The number of aromatic nitrogens is 2. The van der Waals surface area contributed by atoms with E-state index in [1.54, 1.807) is 0 Å². The Morgan fingerprint density at radius 2 is 2.06 bits per heavy atom. The van der Waals surface area contributed by atoms with Gasteiger partial charge >= 0.3 is 0 Å². The molecular weight excluding hydrogens is 246 g/mol. The molecule has 2 heterocycles. The van der Waals surface area contributed by atoms with Crippen LogP contribution in [0.4, 0.5) is 11.5 Å². The van der Waals surface area contributed by atoms with Crippen molar-refractivity contribution in [1.82, 2.24) is 9.97 Å². The van der Waals surface area contributed by atoms with Crippen LogP contribution >= 0.6 is 11.6 Å². The van der Waals surface area contributed by atoms with Gasteiger partial charge in [0.2, 0.25) is 5.28 Å². The fraction of sp³-hybridized carbons (Fsp3) is 0.286. The van der Waals surface area contributed by atoms with Crippen molar-refractivity contribution in [3.63, 3.8) is 0 Å². The summed E-state index contributed by atoms with van der Waals surface area (Å²) in [5, 5.41) is 0.313. The lowest BCUT2D eigenvalue weighted by Crippen LogP contribution is -2.25. The monoisotopic (exact) mass is 259 g/mol. The third-order valence-electron chi connectivity index (χ3n) is 3.20. The Morgan fingerprint density at radius 3 is 2.89 bits per heavy atom. The van der Waals surface area contributed by atoms with Crippen LogP contribution in [0, 0.1) is 6.92 Å². The summed E-state index contributed by atoms with van der Waals surface area (Å²) in [7, 11) is 0. The number of rotatable bonds is 1. The van der Waals surface area contributed by atoms with E-state index in [4.69, 9.17) is 11.6 Å².